The van der Waals surface area contributed by atoms with Crippen LogP contribution in [-0.4, -0.2) is 12.1 Å². The van der Waals surface area contributed by atoms with E-state index in [1.54, 1.807) is 24.3 Å². The molecule has 0 spiro atoms. The summed E-state index contributed by atoms with van der Waals surface area (Å²) in [6.07, 6.45) is -3.50. The van der Waals surface area contributed by atoms with Gasteiger partial charge in [0.2, 0.25) is 5.91 Å². The first-order chi connectivity index (χ1) is 9.91. The average Bonchev–Trinajstić information content (AvgIpc) is 2.47. The van der Waals surface area contributed by atoms with E-state index >= 15 is 0 Å². The highest BCUT2D eigenvalue weighted by atomic mass is 19.4. The molecule has 1 fully saturated rings. The third kappa shape index (κ3) is 3.75. The van der Waals surface area contributed by atoms with Gasteiger partial charge in [-0.15, -0.1) is 0 Å². The van der Waals surface area contributed by atoms with Crippen LogP contribution in [0.4, 0.5) is 18.9 Å². The largest absolute Gasteiger partial charge is 0.391 e. The maximum Gasteiger partial charge on any atom is 0.391 e. The van der Waals surface area contributed by atoms with Crippen LogP contribution in [-0.2, 0) is 4.79 Å². The Morgan fingerprint density at radius 3 is 2.67 bits per heavy atom. The predicted octanol–water partition coefficient (Wildman–Crippen LogP) is 3.87. The molecule has 3 nitrogen and oxygen atoms in total. The quantitative estimate of drug-likeness (QED) is 0.900. The molecule has 1 saturated carbocycles. The number of anilines is 1. The molecule has 0 bridgehead atoms. The molecule has 0 aliphatic heterocycles. The number of carbonyl (C=O) groups excluding carboxylic acids is 1. The topological polar surface area (TPSA) is 52.9 Å². The van der Waals surface area contributed by atoms with E-state index in [0.717, 1.165) is 0 Å². The van der Waals surface area contributed by atoms with Crippen molar-refractivity contribution >= 4 is 11.6 Å². The number of benzene rings is 1. The van der Waals surface area contributed by atoms with Crippen molar-refractivity contribution in [2.45, 2.75) is 31.9 Å². The predicted molar refractivity (Wildman–Crippen MR) is 71.3 cm³/mol. The van der Waals surface area contributed by atoms with Gasteiger partial charge in [0, 0.05) is 5.92 Å². The normalized spacial score (nSPS) is 22.4. The molecule has 0 heterocycles. The molecule has 2 atom stereocenters. The summed E-state index contributed by atoms with van der Waals surface area (Å²) in [5.41, 5.74) is 0.646. The molecule has 1 aromatic carbocycles. The van der Waals surface area contributed by atoms with Gasteiger partial charge in [0.25, 0.3) is 0 Å². The number of halogens is 3. The van der Waals surface area contributed by atoms with Gasteiger partial charge in [0.05, 0.1) is 17.2 Å². The number of hydrogen-bond donors (Lipinski definition) is 1. The molecule has 1 aliphatic carbocycles. The summed E-state index contributed by atoms with van der Waals surface area (Å²) in [5.74, 6) is -2.50. The fourth-order valence-electron chi connectivity index (χ4n) is 2.65. The summed E-state index contributed by atoms with van der Waals surface area (Å²) in [6.45, 7) is 0. The lowest BCUT2D eigenvalue weighted by molar-refractivity contribution is -0.185. The molecular formula is C15H15F3N2O. The minimum Gasteiger partial charge on any atom is -0.325 e. The van der Waals surface area contributed by atoms with E-state index in [1.807, 2.05) is 6.07 Å². The Morgan fingerprint density at radius 2 is 2.00 bits per heavy atom. The Kier molecular flexibility index (Phi) is 4.51. The Balaban J connectivity index is 2.05. The van der Waals surface area contributed by atoms with Gasteiger partial charge in [-0.3, -0.25) is 4.79 Å². The zero-order valence-electron chi connectivity index (χ0n) is 11.3. The van der Waals surface area contributed by atoms with Crippen molar-refractivity contribution in [1.29, 1.82) is 5.26 Å². The van der Waals surface area contributed by atoms with Crippen LogP contribution in [0.15, 0.2) is 24.3 Å². The van der Waals surface area contributed by atoms with Crippen molar-refractivity contribution in [3.05, 3.63) is 29.8 Å². The summed E-state index contributed by atoms with van der Waals surface area (Å²) < 4.78 is 38.2. The zero-order valence-corrected chi connectivity index (χ0v) is 11.3. The Morgan fingerprint density at radius 1 is 1.29 bits per heavy atom. The summed E-state index contributed by atoms with van der Waals surface area (Å²) in [7, 11) is 0. The molecule has 0 unspecified atom stereocenters. The second-order valence-electron chi connectivity index (χ2n) is 5.25. The zero-order chi connectivity index (χ0) is 15.5. The smallest absolute Gasteiger partial charge is 0.325 e. The second kappa shape index (κ2) is 6.17. The molecule has 1 amide bonds. The second-order valence-corrected chi connectivity index (χ2v) is 5.25. The highest BCUT2D eigenvalue weighted by Crippen LogP contribution is 2.40. The van der Waals surface area contributed by atoms with E-state index in [0.29, 0.717) is 24.1 Å². The number of rotatable bonds is 2. The Hall–Kier alpha value is -2.03. The van der Waals surface area contributed by atoms with Crippen molar-refractivity contribution < 1.29 is 18.0 Å². The highest BCUT2D eigenvalue weighted by molar-refractivity contribution is 5.93. The molecule has 0 radical (unpaired) electrons. The number of nitrogens with zero attached hydrogens (tertiary/aromatic N) is 1. The van der Waals surface area contributed by atoms with Gasteiger partial charge < -0.3 is 5.32 Å². The van der Waals surface area contributed by atoms with Gasteiger partial charge in [-0.05, 0) is 31.4 Å². The maximum absolute atomic E-state index is 12.7. The van der Waals surface area contributed by atoms with Crippen molar-refractivity contribution in [2.24, 2.45) is 11.8 Å². The van der Waals surface area contributed by atoms with Crippen LogP contribution < -0.4 is 5.32 Å². The number of amides is 1. The molecule has 1 aromatic rings. The molecule has 2 rings (SSSR count). The molecule has 0 saturated heterocycles. The summed E-state index contributed by atoms with van der Waals surface area (Å²) in [6, 6.07) is 8.39. The fourth-order valence-corrected chi connectivity index (χ4v) is 2.65. The van der Waals surface area contributed by atoms with Gasteiger partial charge in [-0.1, -0.05) is 18.6 Å². The van der Waals surface area contributed by atoms with E-state index in [4.69, 9.17) is 5.26 Å². The number of alkyl halides is 3. The van der Waals surface area contributed by atoms with Crippen molar-refractivity contribution in [2.75, 3.05) is 5.32 Å². The highest BCUT2D eigenvalue weighted by Gasteiger charge is 2.43. The summed E-state index contributed by atoms with van der Waals surface area (Å²) >= 11 is 0. The summed E-state index contributed by atoms with van der Waals surface area (Å²) in [4.78, 5) is 12.1. The molecule has 6 heteroatoms. The Labute approximate surface area is 120 Å². The van der Waals surface area contributed by atoms with Crippen molar-refractivity contribution in [3.8, 4) is 6.07 Å². The van der Waals surface area contributed by atoms with Gasteiger partial charge in [0.15, 0.2) is 0 Å². The van der Waals surface area contributed by atoms with E-state index in [1.165, 1.54) is 0 Å². The minimum absolute atomic E-state index is 0.0854. The maximum atomic E-state index is 12.7. The SMILES string of the molecule is N#Cc1ccccc1NC(=O)[C@H]1CCC[C@@H](C(F)(F)F)C1. The first kappa shape index (κ1) is 15.4. The van der Waals surface area contributed by atoms with Crippen LogP contribution in [0.1, 0.15) is 31.2 Å². The Bertz CT molecular complexity index is 563. The average molecular weight is 296 g/mol. The van der Waals surface area contributed by atoms with Gasteiger partial charge in [0.1, 0.15) is 6.07 Å². The first-order valence-corrected chi connectivity index (χ1v) is 6.78. The van der Waals surface area contributed by atoms with Crippen LogP contribution in [0.2, 0.25) is 0 Å². The van der Waals surface area contributed by atoms with Crippen LogP contribution in [0.3, 0.4) is 0 Å². The molecule has 1 N–H and O–H groups in total. The minimum atomic E-state index is -4.25. The monoisotopic (exact) mass is 296 g/mol. The molecular weight excluding hydrogens is 281 g/mol. The third-order valence-electron chi connectivity index (χ3n) is 3.81. The lowest BCUT2D eigenvalue weighted by Crippen LogP contribution is -2.34. The molecule has 0 aromatic heterocycles. The number of carbonyl (C=O) groups is 1. The van der Waals surface area contributed by atoms with Crippen LogP contribution in [0, 0.1) is 23.2 Å². The first-order valence-electron chi connectivity index (χ1n) is 6.78. The van der Waals surface area contributed by atoms with Crippen molar-refractivity contribution in [1.82, 2.24) is 0 Å². The fraction of sp³-hybridized carbons (Fsp3) is 0.467. The van der Waals surface area contributed by atoms with Gasteiger partial charge in [-0.2, -0.15) is 18.4 Å². The standard InChI is InChI=1S/C15H15F3N2O/c16-15(17,18)12-6-3-5-10(8-12)14(21)20-13-7-2-1-4-11(13)9-19/h1-2,4,7,10,12H,3,5-6,8H2,(H,20,21)/t10-,12+/m0/s1. The third-order valence-corrected chi connectivity index (χ3v) is 3.81. The number of hydrogen-bond acceptors (Lipinski definition) is 2. The van der Waals surface area contributed by atoms with Crippen LogP contribution >= 0.6 is 0 Å². The van der Waals surface area contributed by atoms with Crippen molar-refractivity contribution in [3.63, 3.8) is 0 Å². The van der Waals surface area contributed by atoms with E-state index in [9.17, 15) is 18.0 Å². The lowest BCUT2D eigenvalue weighted by atomic mass is 9.80. The molecule has 1 aliphatic rings. The van der Waals surface area contributed by atoms with Gasteiger partial charge in [-0.25, -0.2) is 0 Å². The van der Waals surface area contributed by atoms with E-state index in [-0.39, 0.29) is 12.8 Å². The van der Waals surface area contributed by atoms with Crippen LogP contribution in [0.5, 0.6) is 0 Å². The van der Waals surface area contributed by atoms with E-state index < -0.39 is 23.9 Å². The molecule has 112 valence electrons. The lowest BCUT2D eigenvalue weighted by Gasteiger charge is -2.29. The molecule has 21 heavy (non-hydrogen) atoms. The number of para-hydroxylation sites is 1. The van der Waals surface area contributed by atoms with Crippen LogP contribution in [0.25, 0.3) is 0 Å². The van der Waals surface area contributed by atoms with Gasteiger partial charge >= 0.3 is 6.18 Å². The number of nitrogens with one attached hydrogen (secondary N) is 1. The number of nitriles is 1. The van der Waals surface area contributed by atoms with E-state index in [2.05, 4.69) is 5.32 Å². The summed E-state index contributed by atoms with van der Waals surface area (Å²) in [5, 5.41) is 11.5.